The van der Waals surface area contributed by atoms with Crippen LogP contribution in [0.4, 0.5) is 0 Å². The first-order valence-corrected chi connectivity index (χ1v) is 10.2. The van der Waals surface area contributed by atoms with Gasteiger partial charge in [0.25, 0.3) is 0 Å². The van der Waals surface area contributed by atoms with Crippen LogP contribution in [0, 0.1) is 0 Å². The highest BCUT2D eigenvalue weighted by atomic mass is 16.3. The summed E-state index contributed by atoms with van der Waals surface area (Å²) in [7, 11) is 0. The first-order chi connectivity index (χ1) is 11.1. The summed E-state index contributed by atoms with van der Waals surface area (Å²) in [6, 6.07) is 0. The van der Waals surface area contributed by atoms with Crippen molar-refractivity contribution in [2.24, 2.45) is 5.73 Å². The fourth-order valence-electron chi connectivity index (χ4n) is 3.06. The van der Waals surface area contributed by atoms with Gasteiger partial charge in [0.1, 0.15) is 5.72 Å². The van der Waals surface area contributed by atoms with E-state index in [9.17, 15) is 5.11 Å². The van der Waals surface area contributed by atoms with Crippen LogP contribution in [0.1, 0.15) is 116 Å². The van der Waals surface area contributed by atoms with Crippen LogP contribution in [0.5, 0.6) is 0 Å². The molecule has 0 aromatic rings. The second kappa shape index (κ2) is 16.7. The molecule has 0 saturated heterocycles. The maximum Gasteiger partial charge on any atom is 0.136 e. The molecule has 3 heteroatoms. The fraction of sp³-hybridized carbons (Fsp3) is 1.00. The van der Waals surface area contributed by atoms with Crippen LogP contribution in [-0.4, -0.2) is 22.5 Å². The third-order valence-corrected chi connectivity index (χ3v) is 4.74. The van der Waals surface area contributed by atoms with E-state index in [2.05, 4.69) is 6.92 Å². The van der Waals surface area contributed by atoms with Crippen LogP contribution in [0.2, 0.25) is 0 Å². The third kappa shape index (κ3) is 18.1. The number of unbranched alkanes of at least 4 members (excludes halogenated alkanes) is 15. The van der Waals surface area contributed by atoms with Gasteiger partial charge in [0.2, 0.25) is 0 Å². The van der Waals surface area contributed by atoms with E-state index in [0.29, 0.717) is 6.42 Å². The van der Waals surface area contributed by atoms with Gasteiger partial charge in [-0.25, -0.2) is 0 Å². The zero-order chi connectivity index (χ0) is 17.2. The van der Waals surface area contributed by atoms with Gasteiger partial charge in [0, 0.05) is 0 Å². The Bertz CT molecular complexity index is 232. The minimum absolute atomic E-state index is 0.342. The molecular weight excluding hydrogens is 286 g/mol. The highest BCUT2D eigenvalue weighted by Gasteiger charge is 2.17. The van der Waals surface area contributed by atoms with Crippen molar-refractivity contribution in [2.45, 2.75) is 122 Å². The molecule has 23 heavy (non-hydrogen) atoms. The molecule has 0 aromatic heterocycles. The van der Waals surface area contributed by atoms with Crippen molar-refractivity contribution in [2.75, 3.05) is 6.61 Å². The van der Waals surface area contributed by atoms with Crippen molar-refractivity contribution in [3.05, 3.63) is 0 Å². The number of hydrogen-bond acceptors (Lipinski definition) is 3. The zero-order valence-electron chi connectivity index (χ0n) is 15.7. The summed E-state index contributed by atoms with van der Waals surface area (Å²) >= 11 is 0. The lowest BCUT2D eigenvalue weighted by Crippen LogP contribution is -2.43. The summed E-state index contributed by atoms with van der Waals surface area (Å²) in [5.41, 5.74) is 4.12. The Balaban J connectivity index is 3.05. The van der Waals surface area contributed by atoms with Gasteiger partial charge < -0.3 is 15.9 Å². The zero-order valence-corrected chi connectivity index (χ0v) is 15.7. The molecule has 0 saturated carbocycles. The average Bonchev–Trinajstić information content (AvgIpc) is 2.54. The van der Waals surface area contributed by atoms with Crippen molar-refractivity contribution in [1.29, 1.82) is 0 Å². The van der Waals surface area contributed by atoms with Crippen LogP contribution >= 0.6 is 0 Å². The molecule has 0 fully saturated rings. The molecule has 0 aromatic carbocycles. The summed E-state index contributed by atoms with van der Waals surface area (Å²) in [5, 5.41) is 18.3. The Morgan fingerprint density at radius 1 is 0.609 bits per heavy atom. The van der Waals surface area contributed by atoms with E-state index in [0.717, 1.165) is 12.8 Å². The fourth-order valence-corrected chi connectivity index (χ4v) is 3.06. The van der Waals surface area contributed by atoms with Gasteiger partial charge in [-0.1, -0.05) is 103 Å². The van der Waals surface area contributed by atoms with Gasteiger partial charge in [-0.15, -0.1) is 0 Å². The van der Waals surface area contributed by atoms with E-state index in [1.165, 1.54) is 89.9 Å². The lowest BCUT2D eigenvalue weighted by molar-refractivity contribution is -0.0177. The maximum absolute atomic E-state index is 9.47. The summed E-state index contributed by atoms with van der Waals surface area (Å²) in [6.45, 7) is 1.93. The molecule has 0 rings (SSSR count). The van der Waals surface area contributed by atoms with Crippen LogP contribution in [-0.2, 0) is 0 Å². The van der Waals surface area contributed by atoms with E-state index >= 15 is 0 Å². The monoisotopic (exact) mass is 329 g/mol. The molecule has 4 N–H and O–H groups in total. The molecule has 0 spiro atoms. The van der Waals surface area contributed by atoms with Crippen LogP contribution < -0.4 is 5.73 Å². The van der Waals surface area contributed by atoms with E-state index in [-0.39, 0.29) is 6.61 Å². The molecule has 1 atom stereocenters. The van der Waals surface area contributed by atoms with E-state index in [4.69, 9.17) is 10.8 Å². The first-order valence-electron chi connectivity index (χ1n) is 10.2. The van der Waals surface area contributed by atoms with Crippen molar-refractivity contribution in [1.82, 2.24) is 0 Å². The number of hydrogen-bond donors (Lipinski definition) is 3. The van der Waals surface area contributed by atoms with Crippen molar-refractivity contribution in [3.8, 4) is 0 Å². The summed E-state index contributed by atoms with van der Waals surface area (Å²) in [4.78, 5) is 0. The summed E-state index contributed by atoms with van der Waals surface area (Å²) in [6.07, 6.45) is 21.9. The Kier molecular flexibility index (Phi) is 16.6. The molecule has 1 unspecified atom stereocenters. The van der Waals surface area contributed by atoms with Gasteiger partial charge in [0.15, 0.2) is 0 Å². The third-order valence-electron chi connectivity index (χ3n) is 4.74. The van der Waals surface area contributed by atoms with Gasteiger partial charge in [-0.2, -0.15) is 0 Å². The average molecular weight is 330 g/mol. The largest absolute Gasteiger partial charge is 0.392 e. The van der Waals surface area contributed by atoms with Crippen molar-refractivity contribution in [3.63, 3.8) is 0 Å². The number of rotatable bonds is 18. The Hall–Kier alpha value is -0.120. The predicted octanol–water partition coefficient (Wildman–Crippen LogP) is 5.28. The topological polar surface area (TPSA) is 66.5 Å². The molecule has 3 nitrogen and oxygen atoms in total. The first kappa shape index (κ1) is 22.9. The number of aliphatic hydroxyl groups excluding tert-OH is 1. The second-order valence-electron chi connectivity index (χ2n) is 7.31. The molecule has 0 aliphatic rings. The summed E-state index contributed by atoms with van der Waals surface area (Å²) < 4.78 is 0. The second-order valence-corrected chi connectivity index (χ2v) is 7.31. The minimum atomic E-state index is -1.37. The number of aliphatic hydroxyl groups is 2. The van der Waals surface area contributed by atoms with Gasteiger partial charge >= 0.3 is 0 Å². The molecule has 0 aliphatic heterocycles. The normalized spacial score (nSPS) is 14.1. The van der Waals surface area contributed by atoms with Crippen LogP contribution in [0.3, 0.4) is 0 Å². The van der Waals surface area contributed by atoms with Gasteiger partial charge in [-0.05, 0) is 12.8 Å². The van der Waals surface area contributed by atoms with E-state index < -0.39 is 5.72 Å². The van der Waals surface area contributed by atoms with Crippen molar-refractivity contribution < 1.29 is 10.2 Å². The van der Waals surface area contributed by atoms with E-state index in [1.807, 2.05) is 0 Å². The Morgan fingerprint density at radius 3 is 1.22 bits per heavy atom. The Labute approximate surface area is 145 Å². The lowest BCUT2D eigenvalue weighted by atomic mass is 10.0. The summed E-state index contributed by atoms with van der Waals surface area (Å²) in [5.74, 6) is 0. The molecule has 0 heterocycles. The van der Waals surface area contributed by atoms with Gasteiger partial charge in [-0.3, -0.25) is 0 Å². The molecule has 140 valence electrons. The van der Waals surface area contributed by atoms with Gasteiger partial charge in [0.05, 0.1) is 6.61 Å². The van der Waals surface area contributed by atoms with Crippen molar-refractivity contribution >= 4 is 0 Å². The molecular formula is C20H43NO2. The quantitative estimate of drug-likeness (QED) is 0.237. The molecule has 0 radical (unpaired) electrons. The maximum atomic E-state index is 9.47. The molecule has 0 bridgehead atoms. The minimum Gasteiger partial charge on any atom is -0.392 e. The highest BCUT2D eigenvalue weighted by molar-refractivity contribution is 4.68. The predicted molar refractivity (Wildman–Crippen MR) is 100 cm³/mol. The lowest BCUT2D eigenvalue weighted by Gasteiger charge is -2.19. The van der Waals surface area contributed by atoms with E-state index in [1.54, 1.807) is 0 Å². The number of nitrogens with two attached hydrogens (primary N) is 1. The SMILES string of the molecule is CCCCCCCCCCCCCCCCCCC(N)(O)CO. The standard InChI is InChI=1S/C20H43NO2/c1-2-3-4-5-6-7-8-9-10-11-12-13-14-15-16-17-18-20(21,23)19-22/h22-23H,2-19,21H2,1H3. The molecule has 0 amide bonds. The molecule has 0 aliphatic carbocycles. The van der Waals surface area contributed by atoms with Crippen LogP contribution in [0.15, 0.2) is 0 Å². The van der Waals surface area contributed by atoms with Crippen LogP contribution in [0.25, 0.3) is 0 Å². The smallest absolute Gasteiger partial charge is 0.136 e. The highest BCUT2D eigenvalue weighted by Crippen LogP contribution is 2.15. The Morgan fingerprint density at radius 2 is 0.913 bits per heavy atom.